The van der Waals surface area contributed by atoms with Gasteiger partial charge in [0.1, 0.15) is 17.4 Å². The van der Waals surface area contributed by atoms with Crippen LogP contribution in [0.5, 0.6) is 5.75 Å². The Labute approximate surface area is 224 Å². The Morgan fingerprint density at radius 2 is 1.82 bits per heavy atom. The van der Waals surface area contributed by atoms with Gasteiger partial charge in [-0.15, -0.1) is 11.3 Å². The first kappa shape index (κ1) is 28.7. The zero-order chi connectivity index (χ0) is 28.2. The summed E-state index contributed by atoms with van der Waals surface area (Å²) in [5.74, 6) is -1.90. The molecule has 0 aliphatic rings. The Balaban J connectivity index is 1.81. The second kappa shape index (κ2) is 11.7. The van der Waals surface area contributed by atoms with Gasteiger partial charge < -0.3 is 19.5 Å². The second-order valence-electron chi connectivity index (χ2n) is 9.88. The van der Waals surface area contributed by atoms with Gasteiger partial charge in [0.2, 0.25) is 0 Å². The molecule has 0 aliphatic heterocycles. The molecule has 2 aromatic heterocycles. The van der Waals surface area contributed by atoms with Crippen LogP contribution in [0.3, 0.4) is 0 Å². The van der Waals surface area contributed by atoms with Crippen LogP contribution in [0, 0.1) is 13.8 Å². The Hall–Kier alpha value is -3.90. The SMILES string of the molecule is Cc1cc(-c2csc(NC(=O)[C@@H](NC(=O)OC(C)(C)C)N[C@@H](Cc3ccc(O)cc3)C(=O)O)n2)c(C)n1C. The number of phenolic OH excluding ortho intramolecular Hbond substituents is 1. The van der Waals surface area contributed by atoms with Crippen LogP contribution in [0.4, 0.5) is 9.93 Å². The number of amides is 2. The number of benzene rings is 1. The number of phenols is 1. The molecule has 0 fully saturated rings. The summed E-state index contributed by atoms with van der Waals surface area (Å²) in [6, 6.07) is 6.79. The number of thiazole rings is 1. The van der Waals surface area contributed by atoms with Gasteiger partial charge >= 0.3 is 12.1 Å². The standard InChI is InChI=1S/C26H33N5O6S/c1-14-11-18(15(2)31(14)6)20-13-38-24(28-20)30-22(33)21(29-25(36)37-26(3,4)5)27-19(23(34)35)12-16-7-9-17(32)10-8-16/h7-11,13,19,21,27,32H,12H2,1-6H3,(H,29,36)(H,34,35)(H,28,30,33)/t19-,21+/m0/s1. The van der Waals surface area contributed by atoms with Gasteiger partial charge in [-0.05, 0) is 64.8 Å². The molecule has 0 saturated carbocycles. The van der Waals surface area contributed by atoms with Crippen molar-refractivity contribution in [3.8, 4) is 17.0 Å². The number of hydrogen-bond acceptors (Lipinski definition) is 8. The number of anilines is 1. The molecule has 2 amide bonds. The number of ether oxygens (including phenoxy) is 1. The van der Waals surface area contributed by atoms with Crippen molar-refractivity contribution < 1.29 is 29.3 Å². The summed E-state index contributed by atoms with van der Waals surface area (Å²) >= 11 is 1.21. The summed E-state index contributed by atoms with van der Waals surface area (Å²) in [7, 11) is 1.96. The van der Waals surface area contributed by atoms with Gasteiger partial charge in [0.05, 0.1) is 5.69 Å². The number of nitrogens with zero attached hydrogens (tertiary/aromatic N) is 2. The van der Waals surface area contributed by atoms with Crippen LogP contribution in [0.2, 0.25) is 0 Å². The molecule has 11 nitrogen and oxygen atoms in total. The van der Waals surface area contributed by atoms with Gasteiger partial charge in [0.15, 0.2) is 11.3 Å². The Morgan fingerprint density at radius 3 is 2.37 bits per heavy atom. The lowest BCUT2D eigenvalue weighted by Crippen LogP contribution is -2.58. The molecule has 0 bridgehead atoms. The molecule has 204 valence electrons. The van der Waals surface area contributed by atoms with Crippen LogP contribution in [-0.4, -0.2) is 55.5 Å². The molecule has 12 heteroatoms. The minimum atomic E-state index is -1.45. The van der Waals surface area contributed by atoms with E-state index >= 15 is 0 Å². The molecular weight excluding hydrogens is 510 g/mol. The average molecular weight is 544 g/mol. The van der Waals surface area contributed by atoms with E-state index in [-0.39, 0.29) is 17.3 Å². The topological polar surface area (TPSA) is 155 Å². The summed E-state index contributed by atoms with van der Waals surface area (Å²) in [5, 5.41) is 29.2. The maximum atomic E-state index is 13.2. The molecule has 0 saturated heterocycles. The Bertz CT molecular complexity index is 1310. The Morgan fingerprint density at radius 1 is 1.16 bits per heavy atom. The van der Waals surface area contributed by atoms with Gasteiger partial charge in [-0.2, -0.15) is 0 Å². The smallest absolute Gasteiger partial charge is 0.409 e. The van der Waals surface area contributed by atoms with E-state index < -0.39 is 35.8 Å². The number of aromatic nitrogens is 2. The largest absolute Gasteiger partial charge is 0.508 e. The number of rotatable bonds is 9. The predicted molar refractivity (Wildman–Crippen MR) is 144 cm³/mol. The first-order valence-corrected chi connectivity index (χ1v) is 12.8. The van der Waals surface area contributed by atoms with Gasteiger partial charge in [-0.25, -0.2) is 9.78 Å². The third-order valence-corrected chi connectivity index (χ3v) is 6.51. The number of aromatic hydroxyl groups is 1. The molecule has 3 aromatic rings. The molecular formula is C26H33N5O6S. The second-order valence-corrected chi connectivity index (χ2v) is 10.7. The highest BCUT2D eigenvalue weighted by atomic mass is 32.1. The highest BCUT2D eigenvalue weighted by molar-refractivity contribution is 7.14. The van der Waals surface area contributed by atoms with Gasteiger partial charge in [-0.3, -0.25) is 25.5 Å². The maximum absolute atomic E-state index is 13.2. The quantitative estimate of drug-likeness (QED) is 0.257. The number of carbonyl (C=O) groups is 3. The fourth-order valence-electron chi connectivity index (χ4n) is 3.64. The van der Waals surface area contributed by atoms with E-state index in [1.807, 2.05) is 36.9 Å². The van der Waals surface area contributed by atoms with Crippen LogP contribution < -0.4 is 16.0 Å². The number of aryl methyl sites for hydroxylation is 1. The lowest BCUT2D eigenvalue weighted by molar-refractivity contribution is -0.140. The molecule has 2 atom stereocenters. The van der Waals surface area contributed by atoms with Crippen LogP contribution in [0.25, 0.3) is 11.3 Å². The van der Waals surface area contributed by atoms with Crippen molar-refractivity contribution >= 4 is 34.4 Å². The van der Waals surface area contributed by atoms with E-state index in [0.29, 0.717) is 11.3 Å². The zero-order valence-corrected chi connectivity index (χ0v) is 23.0. The summed E-state index contributed by atoms with van der Waals surface area (Å²) in [5.41, 5.74) is 3.48. The van der Waals surface area contributed by atoms with Gasteiger partial charge in [0, 0.05) is 29.4 Å². The van der Waals surface area contributed by atoms with E-state index in [1.54, 1.807) is 32.9 Å². The van der Waals surface area contributed by atoms with Crippen LogP contribution in [0.1, 0.15) is 37.7 Å². The average Bonchev–Trinajstić information content (AvgIpc) is 3.37. The molecule has 1 aromatic carbocycles. The molecule has 0 aliphatic carbocycles. The van der Waals surface area contributed by atoms with E-state index in [4.69, 9.17) is 4.74 Å². The lowest BCUT2D eigenvalue weighted by atomic mass is 10.1. The van der Waals surface area contributed by atoms with Crippen LogP contribution >= 0.6 is 11.3 Å². The molecule has 2 heterocycles. The minimum Gasteiger partial charge on any atom is -0.508 e. The highest BCUT2D eigenvalue weighted by Crippen LogP contribution is 2.29. The molecule has 5 N–H and O–H groups in total. The van der Waals surface area contributed by atoms with Crippen molar-refractivity contribution in [3.05, 3.63) is 52.7 Å². The van der Waals surface area contributed by atoms with Crippen molar-refractivity contribution in [2.75, 3.05) is 5.32 Å². The first-order valence-electron chi connectivity index (χ1n) is 11.9. The number of nitrogens with one attached hydrogen (secondary N) is 3. The van der Waals surface area contributed by atoms with Crippen molar-refractivity contribution in [3.63, 3.8) is 0 Å². The molecule has 0 unspecified atom stereocenters. The monoisotopic (exact) mass is 543 g/mol. The summed E-state index contributed by atoms with van der Waals surface area (Å²) in [6.45, 7) is 8.98. The Kier molecular flexibility index (Phi) is 8.79. The minimum absolute atomic E-state index is 0.0105. The summed E-state index contributed by atoms with van der Waals surface area (Å²) < 4.78 is 7.31. The van der Waals surface area contributed by atoms with Crippen molar-refractivity contribution in [2.24, 2.45) is 7.05 Å². The van der Waals surface area contributed by atoms with E-state index in [0.717, 1.165) is 17.0 Å². The number of carbonyl (C=O) groups excluding carboxylic acids is 2. The predicted octanol–water partition coefficient (Wildman–Crippen LogP) is 3.55. The molecule has 3 rings (SSSR count). The number of hydrogen-bond donors (Lipinski definition) is 5. The molecule has 0 spiro atoms. The first-order chi connectivity index (χ1) is 17.7. The fraction of sp³-hybridized carbons (Fsp3) is 0.385. The van der Waals surface area contributed by atoms with E-state index in [9.17, 15) is 24.6 Å². The number of alkyl carbamates (subject to hydrolysis) is 1. The van der Waals surface area contributed by atoms with Crippen molar-refractivity contribution in [1.82, 2.24) is 20.2 Å². The summed E-state index contributed by atoms with van der Waals surface area (Å²) in [4.78, 5) is 42.3. The molecule has 0 radical (unpaired) electrons. The van der Waals surface area contributed by atoms with Crippen molar-refractivity contribution in [1.29, 1.82) is 0 Å². The van der Waals surface area contributed by atoms with E-state index in [2.05, 4.69) is 20.9 Å². The van der Waals surface area contributed by atoms with Crippen LogP contribution in [-0.2, 0) is 27.8 Å². The fourth-order valence-corrected chi connectivity index (χ4v) is 4.36. The van der Waals surface area contributed by atoms with Crippen LogP contribution in [0.15, 0.2) is 35.7 Å². The third kappa shape index (κ3) is 7.56. The zero-order valence-electron chi connectivity index (χ0n) is 22.2. The number of carboxylic acid groups (broad SMARTS) is 1. The maximum Gasteiger partial charge on any atom is 0.409 e. The van der Waals surface area contributed by atoms with Crippen molar-refractivity contribution in [2.45, 2.75) is 58.8 Å². The lowest BCUT2D eigenvalue weighted by Gasteiger charge is -2.26. The number of carboxylic acids is 1. The molecule has 38 heavy (non-hydrogen) atoms. The van der Waals surface area contributed by atoms with E-state index in [1.165, 1.54) is 23.5 Å². The summed E-state index contributed by atoms with van der Waals surface area (Å²) in [6.07, 6.45) is -2.35. The van der Waals surface area contributed by atoms with Gasteiger partial charge in [0.25, 0.3) is 5.91 Å². The third-order valence-electron chi connectivity index (χ3n) is 5.75. The normalized spacial score (nSPS) is 13.0. The highest BCUT2D eigenvalue weighted by Gasteiger charge is 2.30. The number of aliphatic carboxylic acids is 1. The van der Waals surface area contributed by atoms with Gasteiger partial charge in [-0.1, -0.05) is 12.1 Å².